The molecule has 3 rings (SSSR count). The normalized spacial score (nSPS) is 40.4. The van der Waals surface area contributed by atoms with Gasteiger partial charge in [0.1, 0.15) is 0 Å². The van der Waals surface area contributed by atoms with Crippen molar-refractivity contribution < 1.29 is 0 Å². The van der Waals surface area contributed by atoms with E-state index in [2.05, 4.69) is 11.9 Å². The molecule has 3 aliphatic rings. The number of nitrogens with zero attached hydrogens (tertiary/aromatic N) is 1. The first-order chi connectivity index (χ1) is 10.3. The molecule has 4 bridgehead atoms. The largest absolute Gasteiger partial charge is 0.300 e. The van der Waals surface area contributed by atoms with Gasteiger partial charge in [0, 0.05) is 12.1 Å². The number of rotatable bonds is 0. The highest BCUT2D eigenvalue weighted by Gasteiger charge is 2.33. The van der Waals surface area contributed by atoms with E-state index in [9.17, 15) is 0 Å². The van der Waals surface area contributed by atoms with Gasteiger partial charge in [-0.3, -0.25) is 0 Å². The molecule has 0 aromatic rings. The van der Waals surface area contributed by atoms with Crippen molar-refractivity contribution in [1.29, 1.82) is 0 Å². The number of likely N-dealkylation sites (tertiary alicyclic amines) is 1. The van der Waals surface area contributed by atoms with Crippen molar-refractivity contribution in [3.05, 3.63) is 0 Å². The van der Waals surface area contributed by atoms with Crippen molar-refractivity contribution in [3.63, 3.8) is 0 Å². The van der Waals surface area contributed by atoms with Gasteiger partial charge in [0.25, 0.3) is 0 Å². The van der Waals surface area contributed by atoms with Crippen LogP contribution in [-0.2, 0) is 0 Å². The van der Waals surface area contributed by atoms with E-state index in [1.54, 1.807) is 12.8 Å². The van der Waals surface area contributed by atoms with Crippen LogP contribution in [0.3, 0.4) is 0 Å². The van der Waals surface area contributed by atoms with Crippen LogP contribution in [0.1, 0.15) is 96.3 Å². The molecule has 0 spiro atoms. The lowest BCUT2D eigenvalue weighted by atomic mass is 9.74. The van der Waals surface area contributed by atoms with Gasteiger partial charge < -0.3 is 4.90 Å². The molecule has 0 radical (unpaired) electrons. The summed E-state index contributed by atoms with van der Waals surface area (Å²) in [6.07, 6.45) is 22.6. The number of hydrogen-bond donors (Lipinski definition) is 0. The summed E-state index contributed by atoms with van der Waals surface area (Å²) >= 11 is 0. The van der Waals surface area contributed by atoms with E-state index < -0.39 is 0 Å². The average molecular weight is 292 g/mol. The molecule has 1 aliphatic heterocycles. The lowest BCUT2D eigenvalue weighted by Crippen LogP contribution is -2.44. The quantitative estimate of drug-likeness (QED) is 0.547. The molecule has 122 valence electrons. The van der Waals surface area contributed by atoms with Crippen LogP contribution in [0.25, 0.3) is 0 Å². The van der Waals surface area contributed by atoms with Crippen molar-refractivity contribution >= 4 is 0 Å². The molecule has 1 saturated heterocycles. The third-order valence-electron chi connectivity index (χ3n) is 6.99. The molecule has 0 aromatic carbocycles. The lowest BCUT2D eigenvalue weighted by molar-refractivity contribution is 0.0728. The second kappa shape index (κ2) is 7.99. The topological polar surface area (TPSA) is 3.24 Å². The molecule has 1 heterocycles. The van der Waals surface area contributed by atoms with E-state index in [0.717, 1.165) is 23.9 Å². The van der Waals surface area contributed by atoms with Crippen molar-refractivity contribution in [1.82, 2.24) is 4.90 Å². The maximum atomic E-state index is 2.84. The highest BCUT2D eigenvalue weighted by Crippen LogP contribution is 2.39. The van der Waals surface area contributed by atoms with E-state index in [4.69, 9.17) is 0 Å². The van der Waals surface area contributed by atoms with Crippen LogP contribution in [0.4, 0.5) is 0 Å². The van der Waals surface area contributed by atoms with E-state index >= 15 is 0 Å². The van der Waals surface area contributed by atoms with Gasteiger partial charge in [-0.05, 0) is 51.0 Å². The molecule has 3 fully saturated rings. The van der Waals surface area contributed by atoms with Gasteiger partial charge in [0.05, 0.1) is 0 Å². The van der Waals surface area contributed by atoms with Crippen molar-refractivity contribution in [2.24, 2.45) is 11.8 Å². The summed E-state index contributed by atoms with van der Waals surface area (Å²) in [7, 11) is 2.47. The van der Waals surface area contributed by atoms with Crippen molar-refractivity contribution in [2.75, 3.05) is 7.05 Å². The molecule has 4 unspecified atom stereocenters. The Morgan fingerprint density at radius 3 is 1.81 bits per heavy atom. The van der Waals surface area contributed by atoms with E-state index in [1.807, 2.05) is 0 Å². The Morgan fingerprint density at radius 1 is 0.524 bits per heavy atom. The molecule has 4 atom stereocenters. The summed E-state index contributed by atoms with van der Waals surface area (Å²) in [4.78, 5) is 2.84. The molecule has 0 aromatic heterocycles. The van der Waals surface area contributed by atoms with Crippen molar-refractivity contribution in [2.45, 2.75) is 108 Å². The maximum Gasteiger partial charge on any atom is 0.00978 e. The summed E-state index contributed by atoms with van der Waals surface area (Å²) in [5, 5.41) is 0. The smallest absolute Gasteiger partial charge is 0.00978 e. The molecule has 2 saturated carbocycles. The Bertz CT molecular complexity index is 292. The second-order valence-electron chi connectivity index (χ2n) is 8.29. The molecule has 1 nitrogen and oxygen atoms in total. The van der Waals surface area contributed by atoms with Gasteiger partial charge in [-0.1, -0.05) is 64.2 Å². The number of fused-ring (bicyclic) bond motifs is 6. The third-order valence-corrected chi connectivity index (χ3v) is 6.99. The van der Waals surface area contributed by atoms with E-state index in [1.165, 1.54) is 83.5 Å². The first kappa shape index (κ1) is 15.8. The van der Waals surface area contributed by atoms with Crippen LogP contribution in [0.5, 0.6) is 0 Å². The minimum Gasteiger partial charge on any atom is -0.300 e. The van der Waals surface area contributed by atoms with Gasteiger partial charge >= 0.3 is 0 Å². The molecule has 1 heteroatoms. The minimum absolute atomic E-state index is 0.900. The van der Waals surface area contributed by atoms with Crippen LogP contribution in [0, 0.1) is 11.8 Å². The van der Waals surface area contributed by atoms with E-state index in [-0.39, 0.29) is 0 Å². The highest BCUT2D eigenvalue weighted by atomic mass is 15.2. The van der Waals surface area contributed by atoms with E-state index in [0.29, 0.717) is 0 Å². The Labute approximate surface area is 132 Å². The van der Waals surface area contributed by atoms with Crippen LogP contribution in [0.15, 0.2) is 0 Å². The fourth-order valence-electron chi connectivity index (χ4n) is 5.54. The van der Waals surface area contributed by atoms with Crippen LogP contribution in [0.2, 0.25) is 0 Å². The minimum atomic E-state index is 0.900. The maximum absolute atomic E-state index is 2.84. The zero-order valence-electron chi connectivity index (χ0n) is 14.4. The first-order valence-corrected chi connectivity index (χ1v) is 10.1. The monoisotopic (exact) mass is 291 g/mol. The Balaban J connectivity index is 1.79. The zero-order chi connectivity index (χ0) is 14.5. The van der Waals surface area contributed by atoms with Crippen molar-refractivity contribution in [3.8, 4) is 0 Å². The summed E-state index contributed by atoms with van der Waals surface area (Å²) in [6.45, 7) is 0. The Hall–Kier alpha value is -0.0400. The Kier molecular flexibility index (Phi) is 6.03. The van der Waals surface area contributed by atoms with Gasteiger partial charge in [0.15, 0.2) is 0 Å². The summed E-state index contributed by atoms with van der Waals surface area (Å²) in [5.74, 6) is 2.12. The molecular formula is C20H37N. The summed E-state index contributed by atoms with van der Waals surface area (Å²) < 4.78 is 0. The van der Waals surface area contributed by atoms with Crippen LogP contribution >= 0.6 is 0 Å². The molecule has 21 heavy (non-hydrogen) atoms. The predicted octanol–water partition coefficient (Wildman–Crippen LogP) is 5.78. The van der Waals surface area contributed by atoms with Crippen LogP contribution in [-0.4, -0.2) is 24.0 Å². The molecule has 0 N–H and O–H groups in total. The Morgan fingerprint density at radius 2 is 1.10 bits per heavy atom. The molecular weight excluding hydrogens is 254 g/mol. The summed E-state index contributed by atoms with van der Waals surface area (Å²) in [5.41, 5.74) is 0. The predicted molar refractivity (Wildman–Crippen MR) is 91.6 cm³/mol. The third kappa shape index (κ3) is 4.24. The average Bonchev–Trinajstić information content (AvgIpc) is 2.62. The zero-order valence-corrected chi connectivity index (χ0v) is 14.4. The fraction of sp³-hybridized carbons (Fsp3) is 1.00. The van der Waals surface area contributed by atoms with Gasteiger partial charge in [0.2, 0.25) is 0 Å². The second-order valence-corrected chi connectivity index (χ2v) is 8.29. The highest BCUT2D eigenvalue weighted by molar-refractivity contribution is 4.87. The van der Waals surface area contributed by atoms with Gasteiger partial charge in [-0.15, -0.1) is 0 Å². The van der Waals surface area contributed by atoms with Gasteiger partial charge in [-0.25, -0.2) is 0 Å². The first-order valence-electron chi connectivity index (χ1n) is 10.1. The van der Waals surface area contributed by atoms with Crippen LogP contribution < -0.4 is 0 Å². The molecule has 2 aliphatic carbocycles. The lowest BCUT2D eigenvalue weighted by Gasteiger charge is -2.43. The standard InChI is InChI=1S/C20H37N/c1-21-19-12-8-4-2-6-10-17(14-15-19)18-11-7-3-5-9-13-20(21)16-18/h17-20H,2-16H2,1H3. The molecule has 0 amide bonds. The van der Waals surface area contributed by atoms with Gasteiger partial charge in [-0.2, -0.15) is 0 Å². The summed E-state index contributed by atoms with van der Waals surface area (Å²) in [6, 6.07) is 1.80. The SMILES string of the molecule is CN1C2CCCCCCC(CC2)C2CCCCCCC1C2. The fourth-order valence-corrected chi connectivity index (χ4v) is 5.54. The number of hydrogen-bond acceptors (Lipinski definition) is 1.